The number of carbonyl (C=O) groups excluding carboxylic acids is 2. The predicted molar refractivity (Wildman–Crippen MR) is 95.0 cm³/mol. The maximum absolute atomic E-state index is 11.9. The SMILES string of the molecule is O=C(CCCCCC(=O)C1CC1)NCCc1ccc2c(c1)OCCO2. The highest BCUT2D eigenvalue weighted by atomic mass is 16.6. The summed E-state index contributed by atoms with van der Waals surface area (Å²) < 4.78 is 11.1. The van der Waals surface area contributed by atoms with Gasteiger partial charge in [-0.1, -0.05) is 12.5 Å². The van der Waals surface area contributed by atoms with Gasteiger partial charge in [0.1, 0.15) is 19.0 Å². The van der Waals surface area contributed by atoms with Crippen LogP contribution >= 0.6 is 0 Å². The van der Waals surface area contributed by atoms with E-state index in [-0.39, 0.29) is 5.91 Å². The molecule has 1 aromatic carbocycles. The van der Waals surface area contributed by atoms with Crippen molar-refractivity contribution in [1.82, 2.24) is 5.32 Å². The van der Waals surface area contributed by atoms with Crippen molar-refractivity contribution < 1.29 is 19.1 Å². The molecule has 1 heterocycles. The number of ketones is 1. The number of nitrogens with one attached hydrogen (secondary N) is 1. The smallest absolute Gasteiger partial charge is 0.220 e. The summed E-state index contributed by atoms with van der Waals surface area (Å²) in [6, 6.07) is 5.92. The molecule has 2 aliphatic rings. The Hall–Kier alpha value is -2.04. The molecule has 0 unspecified atom stereocenters. The van der Waals surface area contributed by atoms with E-state index in [1.54, 1.807) is 0 Å². The van der Waals surface area contributed by atoms with Crippen molar-refractivity contribution >= 4 is 11.7 Å². The third kappa shape index (κ3) is 5.76. The molecule has 1 N–H and O–H groups in total. The van der Waals surface area contributed by atoms with Gasteiger partial charge in [-0.25, -0.2) is 0 Å². The number of ether oxygens (including phenoxy) is 2. The van der Waals surface area contributed by atoms with E-state index >= 15 is 0 Å². The molecule has 1 fully saturated rings. The molecule has 0 aromatic heterocycles. The number of benzene rings is 1. The minimum atomic E-state index is 0.0889. The second-order valence-corrected chi connectivity index (χ2v) is 6.88. The summed E-state index contributed by atoms with van der Waals surface area (Å²) in [5.74, 6) is 2.45. The average molecular weight is 345 g/mol. The number of carbonyl (C=O) groups is 2. The van der Waals surface area contributed by atoms with Crippen molar-refractivity contribution in [1.29, 1.82) is 0 Å². The zero-order chi connectivity index (χ0) is 17.5. The lowest BCUT2D eigenvalue weighted by Gasteiger charge is -2.18. The summed E-state index contributed by atoms with van der Waals surface area (Å²) in [5.41, 5.74) is 1.13. The lowest BCUT2D eigenvalue weighted by molar-refractivity contribution is -0.121. The van der Waals surface area contributed by atoms with Crippen LogP contribution in [-0.4, -0.2) is 31.4 Å². The Bertz CT molecular complexity index is 610. The number of Topliss-reactive ketones (excluding diaryl/α,β-unsaturated/α-hetero) is 1. The molecule has 1 aliphatic heterocycles. The van der Waals surface area contributed by atoms with Crippen molar-refractivity contribution in [2.45, 2.75) is 51.4 Å². The normalized spacial score (nSPS) is 15.7. The Morgan fingerprint density at radius 2 is 1.76 bits per heavy atom. The summed E-state index contributed by atoms with van der Waals surface area (Å²) in [6.07, 6.45) is 6.91. The largest absolute Gasteiger partial charge is 0.486 e. The Balaban J connectivity index is 1.25. The zero-order valence-electron chi connectivity index (χ0n) is 14.7. The van der Waals surface area contributed by atoms with E-state index in [0.717, 1.165) is 55.6 Å². The first-order chi connectivity index (χ1) is 12.2. The molecule has 136 valence electrons. The molecule has 0 radical (unpaired) electrons. The Morgan fingerprint density at radius 3 is 2.56 bits per heavy atom. The first-order valence-electron chi connectivity index (χ1n) is 9.40. The molecular formula is C20H27NO4. The van der Waals surface area contributed by atoms with Gasteiger partial charge in [0.2, 0.25) is 5.91 Å². The maximum Gasteiger partial charge on any atom is 0.220 e. The predicted octanol–water partition coefficient (Wildman–Crippen LogP) is 3.05. The topological polar surface area (TPSA) is 64.6 Å². The summed E-state index contributed by atoms with van der Waals surface area (Å²) in [5, 5.41) is 2.96. The molecule has 1 aliphatic carbocycles. The van der Waals surface area contributed by atoms with Crippen LogP contribution in [0.2, 0.25) is 0 Å². The molecule has 0 saturated heterocycles. The minimum absolute atomic E-state index is 0.0889. The molecule has 0 bridgehead atoms. The van der Waals surface area contributed by atoms with Crippen LogP contribution in [0.3, 0.4) is 0 Å². The van der Waals surface area contributed by atoms with Crippen LogP contribution < -0.4 is 14.8 Å². The van der Waals surface area contributed by atoms with Crippen molar-refractivity contribution in [2.75, 3.05) is 19.8 Å². The van der Waals surface area contributed by atoms with Gasteiger partial charge >= 0.3 is 0 Å². The van der Waals surface area contributed by atoms with Crippen molar-refractivity contribution in [3.63, 3.8) is 0 Å². The molecule has 5 nitrogen and oxygen atoms in total. The first kappa shape index (κ1) is 17.8. The van der Waals surface area contributed by atoms with E-state index in [2.05, 4.69) is 5.32 Å². The van der Waals surface area contributed by atoms with E-state index in [1.165, 1.54) is 0 Å². The standard InChI is InChI=1S/C20H27NO4/c22-17(16-7-8-16)4-2-1-3-5-20(23)21-11-10-15-6-9-18-19(14-15)25-13-12-24-18/h6,9,14,16H,1-5,7-8,10-13H2,(H,21,23). The summed E-state index contributed by atoms with van der Waals surface area (Å²) in [7, 11) is 0. The van der Waals surface area contributed by atoms with Crippen LogP contribution in [-0.2, 0) is 16.0 Å². The van der Waals surface area contributed by atoms with Crippen LogP contribution in [0.25, 0.3) is 0 Å². The average Bonchev–Trinajstić information content (AvgIpc) is 3.46. The van der Waals surface area contributed by atoms with Gasteiger partial charge in [0.15, 0.2) is 11.5 Å². The lowest BCUT2D eigenvalue weighted by atomic mass is 10.1. The Labute approximate surface area is 149 Å². The highest BCUT2D eigenvalue weighted by molar-refractivity contribution is 5.83. The molecule has 1 saturated carbocycles. The van der Waals surface area contributed by atoms with Crippen LogP contribution in [0.15, 0.2) is 18.2 Å². The minimum Gasteiger partial charge on any atom is -0.486 e. The van der Waals surface area contributed by atoms with E-state index in [0.29, 0.717) is 44.3 Å². The van der Waals surface area contributed by atoms with Crippen molar-refractivity contribution in [3.05, 3.63) is 23.8 Å². The fraction of sp³-hybridized carbons (Fsp3) is 0.600. The van der Waals surface area contributed by atoms with Gasteiger partial charge in [0.05, 0.1) is 0 Å². The zero-order valence-corrected chi connectivity index (χ0v) is 14.7. The van der Waals surface area contributed by atoms with E-state index in [9.17, 15) is 9.59 Å². The van der Waals surface area contributed by atoms with Gasteiger partial charge in [-0.2, -0.15) is 0 Å². The van der Waals surface area contributed by atoms with E-state index in [1.807, 2.05) is 18.2 Å². The van der Waals surface area contributed by atoms with Gasteiger partial charge < -0.3 is 14.8 Å². The molecule has 0 spiro atoms. The number of hydrogen-bond acceptors (Lipinski definition) is 4. The second kappa shape index (κ2) is 8.88. The van der Waals surface area contributed by atoms with Crippen LogP contribution in [0.4, 0.5) is 0 Å². The summed E-state index contributed by atoms with van der Waals surface area (Å²) in [6.45, 7) is 1.80. The monoisotopic (exact) mass is 345 g/mol. The highest BCUT2D eigenvalue weighted by Crippen LogP contribution is 2.31. The number of amides is 1. The summed E-state index contributed by atoms with van der Waals surface area (Å²) in [4.78, 5) is 23.4. The van der Waals surface area contributed by atoms with Gasteiger partial charge in [0.25, 0.3) is 0 Å². The number of hydrogen-bond donors (Lipinski definition) is 1. The number of fused-ring (bicyclic) bond motifs is 1. The van der Waals surface area contributed by atoms with Crippen LogP contribution in [0, 0.1) is 5.92 Å². The van der Waals surface area contributed by atoms with Gasteiger partial charge in [-0.15, -0.1) is 0 Å². The molecule has 1 aromatic rings. The fourth-order valence-corrected chi connectivity index (χ4v) is 3.05. The third-order valence-corrected chi connectivity index (χ3v) is 4.70. The lowest BCUT2D eigenvalue weighted by Crippen LogP contribution is -2.25. The van der Waals surface area contributed by atoms with Gasteiger partial charge in [0, 0.05) is 25.3 Å². The quantitative estimate of drug-likeness (QED) is 0.662. The highest BCUT2D eigenvalue weighted by Gasteiger charge is 2.28. The second-order valence-electron chi connectivity index (χ2n) is 6.88. The van der Waals surface area contributed by atoms with Gasteiger partial charge in [-0.3, -0.25) is 9.59 Å². The maximum atomic E-state index is 11.9. The molecular weight excluding hydrogens is 318 g/mol. The number of unbranched alkanes of at least 4 members (excludes halogenated alkanes) is 2. The Kier molecular flexibility index (Phi) is 6.31. The van der Waals surface area contributed by atoms with E-state index < -0.39 is 0 Å². The van der Waals surface area contributed by atoms with E-state index in [4.69, 9.17) is 9.47 Å². The Morgan fingerprint density at radius 1 is 1.00 bits per heavy atom. The van der Waals surface area contributed by atoms with Crippen LogP contribution in [0.1, 0.15) is 50.5 Å². The van der Waals surface area contributed by atoms with Gasteiger partial charge in [-0.05, 0) is 49.8 Å². The van der Waals surface area contributed by atoms with Crippen LogP contribution in [0.5, 0.6) is 11.5 Å². The van der Waals surface area contributed by atoms with Crippen molar-refractivity contribution in [3.8, 4) is 11.5 Å². The fourth-order valence-electron chi connectivity index (χ4n) is 3.05. The van der Waals surface area contributed by atoms with Crippen molar-refractivity contribution in [2.24, 2.45) is 5.92 Å². The third-order valence-electron chi connectivity index (χ3n) is 4.70. The molecule has 1 amide bonds. The first-order valence-corrected chi connectivity index (χ1v) is 9.40. The molecule has 25 heavy (non-hydrogen) atoms. The summed E-state index contributed by atoms with van der Waals surface area (Å²) >= 11 is 0. The molecule has 5 heteroatoms. The molecule has 3 rings (SSSR count). The molecule has 0 atom stereocenters. The number of rotatable bonds is 10.